The Hall–Kier alpha value is -1.79. The number of benzene rings is 1. The van der Waals surface area contributed by atoms with Crippen LogP contribution >= 0.6 is 0 Å². The molecular weight excluding hydrogens is 248 g/mol. The van der Waals surface area contributed by atoms with E-state index in [1.807, 2.05) is 25.1 Å². The highest BCUT2D eigenvalue weighted by atomic mass is 16.1. The number of hydrogen-bond donors (Lipinski definition) is 2. The van der Waals surface area contributed by atoms with Crippen molar-refractivity contribution in [1.29, 1.82) is 0 Å². The lowest BCUT2D eigenvalue weighted by molar-refractivity contribution is 0.0945. The summed E-state index contributed by atoms with van der Waals surface area (Å²) in [5, 5.41) is 2.97. The number of hydrogen-bond acceptors (Lipinski definition) is 2. The number of rotatable bonds is 4. The zero-order valence-corrected chi connectivity index (χ0v) is 12.8. The van der Waals surface area contributed by atoms with Crippen molar-refractivity contribution in [2.75, 3.05) is 13.1 Å². The van der Waals surface area contributed by atoms with Crippen LogP contribution in [0.5, 0.6) is 0 Å². The predicted molar refractivity (Wildman–Crippen MR) is 83.4 cm³/mol. The van der Waals surface area contributed by atoms with Crippen molar-refractivity contribution >= 4 is 5.91 Å². The van der Waals surface area contributed by atoms with Crippen LogP contribution in [0, 0.1) is 30.6 Å². The van der Waals surface area contributed by atoms with E-state index in [1.54, 1.807) is 0 Å². The molecule has 1 rings (SSSR count). The Morgan fingerprint density at radius 1 is 1.35 bits per heavy atom. The van der Waals surface area contributed by atoms with Gasteiger partial charge in [-0.05, 0) is 42.5 Å². The molecule has 3 N–H and O–H groups in total. The third-order valence-electron chi connectivity index (χ3n) is 3.54. The number of aryl methyl sites for hydroxylation is 1. The Labute approximate surface area is 121 Å². The van der Waals surface area contributed by atoms with Crippen LogP contribution in [-0.4, -0.2) is 19.0 Å². The van der Waals surface area contributed by atoms with Crippen molar-refractivity contribution in [2.24, 2.45) is 17.6 Å². The quantitative estimate of drug-likeness (QED) is 0.827. The Balaban J connectivity index is 2.73. The van der Waals surface area contributed by atoms with Crippen molar-refractivity contribution in [1.82, 2.24) is 5.32 Å². The van der Waals surface area contributed by atoms with Gasteiger partial charge in [-0.2, -0.15) is 0 Å². The Kier molecular flexibility index (Phi) is 6.27. The molecule has 108 valence electrons. The van der Waals surface area contributed by atoms with E-state index < -0.39 is 0 Å². The molecule has 1 atom stereocenters. The molecule has 3 nitrogen and oxygen atoms in total. The third kappa shape index (κ3) is 4.71. The number of amides is 1. The maximum Gasteiger partial charge on any atom is 0.251 e. The van der Waals surface area contributed by atoms with Crippen molar-refractivity contribution in [3.05, 3.63) is 34.9 Å². The van der Waals surface area contributed by atoms with Crippen molar-refractivity contribution in [3.8, 4) is 11.8 Å². The van der Waals surface area contributed by atoms with Gasteiger partial charge in [-0.1, -0.05) is 32.6 Å². The first-order chi connectivity index (χ1) is 9.45. The van der Waals surface area contributed by atoms with E-state index in [0.717, 1.165) is 11.1 Å². The normalized spacial score (nSPS) is 11.7. The second kappa shape index (κ2) is 7.72. The van der Waals surface area contributed by atoms with Crippen LogP contribution in [0.15, 0.2) is 18.2 Å². The lowest BCUT2D eigenvalue weighted by atomic mass is 9.98. The third-order valence-corrected chi connectivity index (χ3v) is 3.54. The van der Waals surface area contributed by atoms with Gasteiger partial charge in [-0.15, -0.1) is 0 Å². The fourth-order valence-corrected chi connectivity index (χ4v) is 1.68. The van der Waals surface area contributed by atoms with Gasteiger partial charge in [0.2, 0.25) is 0 Å². The first-order valence-corrected chi connectivity index (χ1v) is 7.03. The van der Waals surface area contributed by atoms with E-state index in [0.29, 0.717) is 30.5 Å². The molecule has 0 bridgehead atoms. The van der Waals surface area contributed by atoms with Crippen molar-refractivity contribution < 1.29 is 4.79 Å². The van der Waals surface area contributed by atoms with Gasteiger partial charge in [0.25, 0.3) is 5.91 Å². The van der Waals surface area contributed by atoms with Crippen LogP contribution in [0.25, 0.3) is 0 Å². The first kappa shape index (κ1) is 16.3. The van der Waals surface area contributed by atoms with Gasteiger partial charge in [0.1, 0.15) is 0 Å². The van der Waals surface area contributed by atoms with E-state index in [1.165, 1.54) is 0 Å². The molecular formula is C17H24N2O. The summed E-state index contributed by atoms with van der Waals surface area (Å²) in [6, 6.07) is 5.55. The lowest BCUT2D eigenvalue weighted by Crippen LogP contribution is -2.30. The van der Waals surface area contributed by atoms with Gasteiger partial charge >= 0.3 is 0 Å². The second-order valence-corrected chi connectivity index (χ2v) is 5.47. The summed E-state index contributed by atoms with van der Waals surface area (Å²) in [6.07, 6.45) is 0. The molecule has 0 heterocycles. The monoisotopic (exact) mass is 272 g/mol. The molecule has 1 aromatic carbocycles. The molecule has 20 heavy (non-hydrogen) atoms. The predicted octanol–water partition coefficient (Wildman–Crippen LogP) is 2.33. The lowest BCUT2D eigenvalue weighted by Gasteiger charge is -2.16. The number of carbonyl (C=O) groups is 1. The minimum Gasteiger partial charge on any atom is -0.352 e. The first-order valence-electron chi connectivity index (χ1n) is 7.03. The highest BCUT2D eigenvalue weighted by molar-refractivity contribution is 5.94. The van der Waals surface area contributed by atoms with Gasteiger partial charge in [0.15, 0.2) is 0 Å². The molecule has 0 radical (unpaired) electrons. The summed E-state index contributed by atoms with van der Waals surface area (Å²) in [7, 11) is 0. The highest BCUT2D eigenvalue weighted by Crippen LogP contribution is 2.11. The number of carbonyl (C=O) groups excluding carboxylic acids is 1. The van der Waals surface area contributed by atoms with E-state index in [4.69, 9.17) is 5.73 Å². The molecule has 1 unspecified atom stereocenters. The molecule has 0 spiro atoms. The minimum atomic E-state index is -0.0288. The summed E-state index contributed by atoms with van der Waals surface area (Å²) in [4.78, 5) is 12.1. The van der Waals surface area contributed by atoms with Crippen LogP contribution in [0.2, 0.25) is 0 Å². The molecule has 0 aliphatic heterocycles. The topological polar surface area (TPSA) is 55.1 Å². The van der Waals surface area contributed by atoms with Gasteiger partial charge in [0, 0.05) is 17.7 Å². The van der Waals surface area contributed by atoms with Gasteiger partial charge in [0.05, 0.1) is 6.54 Å². The molecule has 0 saturated heterocycles. The summed E-state index contributed by atoms with van der Waals surface area (Å²) in [6.45, 7) is 9.45. The SMILES string of the molecule is Cc1cc(C(=O)NCC(C)C(C)C)ccc1C#CCN. The largest absolute Gasteiger partial charge is 0.352 e. The van der Waals surface area contributed by atoms with Crippen LogP contribution in [0.3, 0.4) is 0 Å². The molecule has 1 amide bonds. The molecule has 0 fully saturated rings. The molecule has 3 heteroatoms. The van der Waals surface area contributed by atoms with Crippen molar-refractivity contribution in [3.63, 3.8) is 0 Å². The van der Waals surface area contributed by atoms with Gasteiger partial charge < -0.3 is 11.1 Å². The number of nitrogens with two attached hydrogens (primary N) is 1. The smallest absolute Gasteiger partial charge is 0.251 e. The molecule has 0 aliphatic carbocycles. The van der Waals surface area contributed by atoms with E-state index in [9.17, 15) is 4.79 Å². The molecule has 0 saturated carbocycles. The molecule has 0 aliphatic rings. The van der Waals surface area contributed by atoms with E-state index in [2.05, 4.69) is 37.9 Å². The average molecular weight is 272 g/mol. The fraction of sp³-hybridized carbons (Fsp3) is 0.471. The van der Waals surface area contributed by atoms with E-state index in [-0.39, 0.29) is 5.91 Å². The molecule has 1 aromatic rings. The van der Waals surface area contributed by atoms with Gasteiger partial charge in [-0.3, -0.25) is 4.79 Å². The maximum absolute atomic E-state index is 12.1. The Bertz CT molecular complexity index is 524. The minimum absolute atomic E-state index is 0.0288. The molecule has 0 aromatic heterocycles. The standard InChI is InChI=1S/C17H24N2O/c1-12(2)14(4)11-19-17(20)16-8-7-15(6-5-9-18)13(3)10-16/h7-8,10,12,14H,9,11,18H2,1-4H3,(H,19,20). The summed E-state index contributed by atoms with van der Waals surface area (Å²) < 4.78 is 0. The Morgan fingerprint density at radius 3 is 2.60 bits per heavy atom. The Morgan fingerprint density at radius 2 is 2.05 bits per heavy atom. The van der Waals surface area contributed by atoms with Gasteiger partial charge in [-0.25, -0.2) is 0 Å². The summed E-state index contributed by atoms with van der Waals surface area (Å²) >= 11 is 0. The van der Waals surface area contributed by atoms with E-state index >= 15 is 0 Å². The maximum atomic E-state index is 12.1. The van der Waals surface area contributed by atoms with Crippen LogP contribution < -0.4 is 11.1 Å². The fourth-order valence-electron chi connectivity index (χ4n) is 1.68. The summed E-state index contributed by atoms with van der Waals surface area (Å²) in [5.41, 5.74) is 7.95. The average Bonchev–Trinajstić information content (AvgIpc) is 2.42. The zero-order valence-electron chi connectivity index (χ0n) is 12.8. The van der Waals surface area contributed by atoms with Crippen LogP contribution in [-0.2, 0) is 0 Å². The summed E-state index contributed by atoms with van der Waals surface area (Å²) in [5.74, 6) is 6.82. The number of nitrogens with one attached hydrogen (secondary N) is 1. The van der Waals surface area contributed by atoms with Crippen LogP contribution in [0.1, 0.15) is 42.3 Å². The zero-order chi connectivity index (χ0) is 15.1. The second-order valence-electron chi connectivity index (χ2n) is 5.47. The van der Waals surface area contributed by atoms with Crippen LogP contribution in [0.4, 0.5) is 0 Å². The highest BCUT2D eigenvalue weighted by Gasteiger charge is 2.11. The van der Waals surface area contributed by atoms with Crippen molar-refractivity contribution in [2.45, 2.75) is 27.7 Å².